The van der Waals surface area contributed by atoms with Crippen molar-refractivity contribution in [3.63, 3.8) is 0 Å². The van der Waals surface area contributed by atoms with Crippen molar-refractivity contribution in [2.75, 3.05) is 19.8 Å². The maximum Gasteiger partial charge on any atom is 0.270 e. The SMILES string of the molecule is CC(C)CCOCCNC(=O)c1cccc(Cl)n1. The van der Waals surface area contributed by atoms with Crippen molar-refractivity contribution in [1.29, 1.82) is 0 Å². The van der Waals surface area contributed by atoms with E-state index in [4.69, 9.17) is 16.3 Å². The lowest BCUT2D eigenvalue weighted by Gasteiger charge is -2.07. The van der Waals surface area contributed by atoms with Crippen LogP contribution in [-0.2, 0) is 4.74 Å². The lowest BCUT2D eigenvalue weighted by atomic mass is 10.1. The van der Waals surface area contributed by atoms with E-state index < -0.39 is 0 Å². The molecule has 5 heteroatoms. The monoisotopic (exact) mass is 270 g/mol. The van der Waals surface area contributed by atoms with Gasteiger partial charge in [0.2, 0.25) is 0 Å². The van der Waals surface area contributed by atoms with Gasteiger partial charge in [-0.25, -0.2) is 4.98 Å². The topological polar surface area (TPSA) is 51.2 Å². The third-order valence-electron chi connectivity index (χ3n) is 2.32. The first-order valence-corrected chi connectivity index (χ1v) is 6.46. The van der Waals surface area contributed by atoms with Crippen LogP contribution in [0.15, 0.2) is 18.2 Å². The minimum atomic E-state index is -0.232. The fourth-order valence-corrected chi connectivity index (χ4v) is 1.45. The molecule has 4 nitrogen and oxygen atoms in total. The number of aromatic nitrogens is 1. The smallest absolute Gasteiger partial charge is 0.270 e. The number of carbonyl (C=O) groups excluding carboxylic acids is 1. The van der Waals surface area contributed by atoms with Crippen LogP contribution in [0.3, 0.4) is 0 Å². The van der Waals surface area contributed by atoms with E-state index in [0.717, 1.165) is 13.0 Å². The number of hydrogen-bond donors (Lipinski definition) is 1. The van der Waals surface area contributed by atoms with E-state index in [1.165, 1.54) is 0 Å². The number of nitrogens with zero attached hydrogens (tertiary/aromatic N) is 1. The van der Waals surface area contributed by atoms with Crippen LogP contribution in [0.25, 0.3) is 0 Å². The summed E-state index contributed by atoms with van der Waals surface area (Å²) in [6, 6.07) is 4.96. The molecule has 0 unspecified atom stereocenters. The Hall–Kier alpha value is -1.13. The Morgan fingerprint density at radius 3 is 2.89 bits per heavy atom. The van der Waals surface area contributed by atoms with Gasteiger partial charge in [-0.1, -0.05) is 31.5 Å². The van der Waals surface area contributed by atoms with Crippen LogP contribution in [0.1, 0.15) is 30.8 Å². The maximum atomic E-state index is 11.7. The number of ether oxygens (including phenoxy) is 1. The van der Waals surface area contributed by atoms with E-state index >= 15 is 0 Å². The molecule has 0 bridgehead atoms. The normalized spacial score (nSPS) is 10.7. The second-order valence-electron chi connectivity index (χ2n) is 4.40. The van der Waals surface area contributed by atoms with Crippen molar-refractivity contribution in [3.05, 3.63) is 29.0 Å². The van der Waals surface area contributed by atoms with Crippen molar-refractivity contribution in [1.82, 2.24) is 10.3 Å². The lowest BCUT2D eigenvalue weighted by molar-refractivity contribution is 0.0901. The summed E-state index contributed by atoms with van der Waals surface area (Å²) in [6.07, 6.45) is 1.03. The molecule has 0 aromatic carbocycles. The molecule has 0 fully saturated rings. The van der Waals surface area contributed by atoms with Crippen molar-refractivity contribution < 1.29 is 9.53 Å². The predicted octanol–water partition coefficient (Wildman–Crippen LogP) is 2.53. The van der Waals surface area contributed by atoms with Crippen molar-refractivity contribution in [3.8, 4) is 0 Å². The summed E-state index contributed by atoms with van der Waals surface area (Å²) in [5, 5.41) is 3.04. The Labute approximate surface area is 113 Å². The highest BCUT2D eigenvalue weighted by atomic mass is 35.5. The van der Waals surface area contributed by atoms with Crippen LogP contribution in [0, 0.1) is 5.92 Å². The summed E-state index contributed by atoms with van der Waals surface area (Å²) >= 11 is 5.71. The largest absolute Gasteiger partial charge is 0.380 e. The highest BCUT2D eigenvalue weighted by molar-refractivity contribution is 6.29. The van der Waals surface area contributed by atoms with Gasteiger partial charge < -0.3 is 10.1 Å². The third-order valence-corrected chi connectivity index (χ3v) is 2.53. The molecule has 0 aliphatic heterocycles. The Balaban J connectivity index is 2.18. The number of pyridine rings is 1. The first kappa shape index (κ1) is 14.9. The average molecular weight is 271 g/mol. The Kier molecular flexibility index (Phi) is 6.68. The average Bonchev–Trinajstić information content (AvgIpc) is 2.33. The van der Waals surface area contributed by atoms with Gasteiger partial charge in [-0.3, -0.25) is 4.79 Å². The number of halogens is 1. The number of carbonyl (C=O) groups is 1. The van der Waals surface area contributed by atoms with Gasteiger partial charge in [0, 0.05) is 13.2 Å². The fraction of sp³-hybridized carbons (Fsp3) is 0.538. The number of hydrogen-bond acceptors (Lipinski definition) is 3. The molecule has 1 amide bonds. The second kappa shape index (κ2) is 8.06. The van der Waals surface area contributed by atoms with Gasteiger partial charge in [0.05, 0.1) is 6.61 Å². The number of nitrogens with one attached hydrogen (secondary N) is 1. The molecule has 0 radical (unpaired) electrons. The van der Waals surface area contributed by atoms with Crippen LogP contribution in [0.5, 0.6) is 0 Å². The predicted molar refractivity (Wildman–Crippen MR) is 71.9 cm³/mol. The minimum absolute atomic E-state index is 0.232. The highest BCUT2D eigenvalue weighted by Gasteiger charge is 2.06. The van der Waals surface area contributed by atoms with Crippen molar-refractivity contribution in [2.45, 2.75) is 20.3 Å². The molecule has 1 aromatic rings. The molecule has 0 saturated heterocycles. The Morgan fingerprint density at radius 1 is 1.44 bits per heavy atom. The summed E-state index contributed by atoms with van der Waals surface area (Å²) in [7, 11) is 0. The molecule has 1 heterocycles. The molecule has 0 saturated carbocycles. The van der Waals surface area contributed by atoms with Gasteiger partial charge in [-0.15, -0.1) is 0 Å². The third kappa shape index (κ3) is 5.98. The Morgan fingerprint density at radius 2 is 2.22 bits per heavy atom. The van der Waals surface area contributed by atoms with E-state index in [0.29, 0.717) is 29.9 Å². The van der Waals surface area contributed by atoms with Crippen LogP contribution < -0.4 is 5.32 Å². The van der Waals surface area contributed by atoms with E-state index in [2.05, 4.69) is 24.1 Å². The van der Waals surface area contributed by atoms with Gasteiger partial charge >= 0.3 is 0 Å². The molecule has 100 valence electrons. The quantitative estimate of drug-likeness (QED) is 0.612. The lowest BCUT2D eigenvalue weighted by Crippen LogP contribution is -2.28. The molecular formula is C13H19ClN2O2. The molecule has 0 spiro atoms. The molecule has 1 N–H and O–H groups in total. The molecular weight excluding hydrogens is 252 g/mol. The zero-order chi connectivity index (χ0) is 13.4. The zero-order valence-corrected chi connectivity index (χ0v) is 11.5. The van der Waals surface area contributed by atoms with Gasteiger partial charge in [0.1, 0.15) is 10.8 Å². The van der Waals surface area contributed by atoms with Crippen LogP contribution >= 0.6 is 11.6 Å². The summed E-state index contributed by atoms with van der Waals surface area (Å²) in [4.78, 5) is 15.6. The van der Waals surface area contributed by atoms with Gasteiger partial charge in [0.15, 0.2) is 0 Å². The van der Waals surface area contributed by atoms with Gasteiger partial charge in [-0.2, -0.15) is 0 Å². The van der Waals surface area contributed by atoms with Crippen molar-refractivity contribution >= 4 is 17.5 Å². The van der Waals surface area contributed by atoms with Gasteiger partial charge in [-0.05, 0) is 24.5 Å². The molecule has 0 aliphatic carbocycles. The van der Waals surface area contributed by atoms with Crippen LogP contribution in [0.4, 0.5) is 0 Å². The second-order valence-corrected chi connectivity index (χ2v) is 4.78. The first-order chi connectivity index (χ1) is 8.59. The van der Waals surface area contributed by atoms with Gasteiger partial charge in [0.25, 0.3) is 5.91 Å². The van der Waals surface area contributed by atoms with Crippen LogP contribution in [0.2, 0.25) is 5.15 Å². The standard InChI is InChI=1S/C13H19ClN2O2/c1-10(2)6-8-18-9-7-15-13(17)11-4-3-5-12(14)16-11/h3-5,10H,6-9H2,1-2H3,(H,15,17). The highest BCUT2D eigenvalue weighted by Crippen LogP contribution is 2.04. The van der Waals surface area contributed by atoms with E-state index in [1.54, 1.807) is 18.2 Å². The van der Waals surface area contributed by atoms with E-state index in [9.17, 15) is 4.79 Å². The van der Waals surface area contributed by atoms with E-state index in [1.807, 2.05) is 0 Å². The molecule has 18 heavy (non-hydrogen) atoms. The summed E-state index contributed by atoms with van der Waals surface area (Å²) in [6.45, 7) is 6.01. The molecule has 0 aliphatic rings. The summed E-state index contributed by atoms with van der Waals surface area (Å²) < 4.78 is 5.39. The first-order valence-electron chi connectivity index (χ1n) is 6.08. The Bertz CT molecular complexity index is 383. The van der Waals surface area contributed by atoms with Crippen LogP contribution in [-0.4, -0.2) is 30.6 Å². The fourth-order valence-electron chi connectivity index (χ4n) is 1.28. The van der Waals surface area contributed by atoms with Crippen molar-refractivity contribution in [2.24, 2.45) is 5.92 Å². The molecule has 1 rings (SSSR count). The minimum Gasteiger partial charge on any atom is -0.380 e. The number of rotatable bonds is 7. The number of amides is 1. The molecule has 0 atom stereocenters. The zero-order valence-electron chi connectivity index (χ0n) is 10.8. The maximum absolute atomic E-state index is 11.7. The molecule has 1 aromatic heterocycles. The summed E-state index contributed by atoms with van der Waals surface area (Å²) in [5.74, 6) is 0.403. The van der Waals surface area contributed by atoms with E-state index in [-0.39, 0.29) is 5.91 Å². The summed E-state index contributed by atoms with van der Waals surface area (Å²) in [5.41, 5.74) is 0.324.